The molecule has 0 spiro atoms. The second-order valence-electron chi connectivity index (χ2n) is 6.98. The predicted molar refractivity (Wildman–Crippen MR) is 116 cm³/mol. The Morgan fingerprint density at radius 3 is 2.55 bits per heavy atom. The number of aryl methyl sites for hydroxylation is 4. The Labute approximate surface area is 171 Å². The van der Waals surface area contributed by atoms with E-state index in [9.17, 15) is 4.79 Å². The SMILES string of the molecule is CCc1ccc(Nc2cc(C)ncn2)cc1NC(=O)COc1ccc(C)c(C)c1. The van der Waals surface area contributed by atoms with Crippen LogP contribution in [0.5, 0.6) is 5.75 Å². The maximum atomic E-state index is 12.4. The summed E-state index contributed by atoms with van der Waals surface area (Å²) in [6, 6.07) is 13.5. The fraction of sp³-hybridized carbons (Fsp3) is 0.261. The van der Waals surface area contributed by atoms with Crippen molar-refractivity contribution in [2.75, 3.05) is 17.2 Å². The molecule has 1 amide bonds. The van der Waals surface area contributed by atoms with Crippen LogP contribution < -0.4 is 15.4 Å². The standard InChI is InChI=1S/C23H26N4O2/c1-5-18-7-8-19(26-22-11-17(4)24-14-25-22)12-21(18)27-23(28)13-29-20-9-6-15(2)16(3)10-20/h6-12,14H,5,13H2,1-4H3,(H,27,28)(H,24,25,26). The van der Waals surface area contributed by atoms with Gasteiger partial charge in [0.2, 0.25) is 0 Å². The van der Waals surface area contributed by atoms with Gasteiger partial charge in [-0.3, -0.25) is 4.79 Å². The molecule has 6 nitrogen and oxygen atoms in total. The fourth-order valence-corrected chi connectivity index (χ4v) is 2.89. The minimum absolute atomic E-state index is 0.0472. The summed E-state index contributed by atoms with van der Waals surface area (Å²) in [5, 5.41) is 6.20. The highest BCUT2D eigenvalue weighted by Gasteiger charge is 2.09. The number of nitrogens with zero attached hydrogens (tertiary/aromatic N) is 2. The van der Waals surface area contributed by atoms with Crippen molar-refractivity contribution in [3.05, 3.63) is 71.2 Å². The zero-order chi connectivity index (χ0) is 20.8. The molecule has 0 unspecified atom stereocenters. The number of ether oxygens (including phenoxy) is 1. The third-order valence-electron chi connectivity index (χ3n) is 4.69. The van der Waals surface area contributed by atoms with Crippen molar-refractivity contribution in [3.63, 3.8) is 0 Å². The normalized spacial score (nSPS) is 10.5. The molecule has 0 aliphatic rings. The summed E-state index contributed by atoms with van der Waals surface area (Å²) in [4.78, 5) is 20.8. The number of amides is 1. The number of rotatable bonds is 7. The predicted octanol–water partition coefficient (Wildman–Crippen LogP) is 4.73. The first-order valence-electron chi connectivity index (χ1n) is 9.63. The van der Waals surface area contributed by atoms with Crippen molar-refractivity contribution in [1.82, 2.24) is 9.97 Å². The summed E-state index contributed by atoms with van der Waals surface area (Å²) in [5.74, 6) is 1.19. The Hall–Kier alpha value is -3.41. The minimum atomic E-state index is -0.201. The molecule has 3 aromatic rings. The third kappa shape index (κ3) is 5.54. The molecule has 0 saturated heterocycles. The van der Waals surface area contributed by atoms with Crippen molar-refractivity contribution < 1.29 is 9.53 Å². The van der Waals surface area contributed by atoms with Gasteiger partial charge >= 0.3 is 0 Å². The molecule has 0 fully saturated rings. The number of benzene rings is 2. The zero-order valence-corrected chi connectivity index (χ0v) is 17.2. The number of hydrogen-bond acceptors (Lipinski definition) is 5. The topological polar surface area (TPSA) is 76.1 Å². The second-order valence-corrected chi connectivity index (χ2v) is 6.98. The Morgan fingerprint density at radius 2 is 1.83 bits per heavy atom. The lowest BCUT2D eigenvalue weighted by molar-refractivity contribution is -0.118. The van der Waals surface area contributed by atoms with Crippen LogP contribution in [-0.2, 0) is 11.2 Å². The van der Waals surface area contributed by atoms with E-state index in [2.05, 4.69) is 27.5 Å². The van der Waals surface area contributed by atoms with Crippen LogP contribution in [-0.4, -0.2) is 22.5 Å². The van der Waals surface area contributed by atoms with Crippen LogP contribution in [0.15, 0.2) is 48.8 Å². The fourth-order valence-electron chi connectivity index (χ4n) is 2.89. The van der Waals surface area contributed by atoms with Crippen LogP contribution in [0.3, 0.4) is 0 Å². The Morgan fingerprint density at radius 1 is 1.00 bits per heavy atom. The molecule has 0 saturated carbocycles. The molecular weight excluding hydrogens is 364 g/mol. The van der Waals surface area contributed by atoms with Gasteiger partial charge in [-0.2, -0.15) is 0 Å². The number of hydrogen-bond donors (Lipinski definition) is 2. The van der Waals surface area contributed by atoms with Gasteiger partial charge in [-0.25, -0.2) is 9.97 Å². The quantitative estimate of drug-likeness (QED) is 0.610. The highest BCUT2D eigenvalue weighted by Crippen LogP contribution is 2.24. The average Bonchev–Trinajstić information content (AvgIpc) is 2.69. The molecule has 0 radical (unpaired) electrons. The van der Waals surface area contributed by atoms with E-state index in [4.69, 9.17) is 4.74 Å². The van der Waals surface area contributed by atoms with Crippen molar-refractivity contribution >= 4 is 23.1 Å². The van der Waals surface area contributed by atoms with E-state index in [-0.39, 0.29) is 12.5 Å². The average molecular weight is 390 g/mol. The maximum absolute atomic E-state index is 12.4. The van der Waals surface area contributed by atoms with Gasteiger partial charge in [-0.1, -0.05) is 19.1 Å². The summed E-state index contributed by atoms with van der Waals surface area (Å²) >= 11 is 0. The first kappa shape index (κ1) is 20.3. The summed E-state index contributed by atoms with van der Waals surface area (Å²) in [6.45, 7) is 7.98. The largest absolute Gasteiger partial charge is 0.484 e. The molecule has 2 N–H and O–H groups in total. The van der Waals surface area contributed by atoms with Gasteiger partial charge in [0, 0.05) is 23.1 Å². The summed E-state index contributed by atoms with van der Waals surface area (Å²) in [6.07, 6.45) is 2.32. The lowest BCUT2D eigenvalue weighted by Gasteiger charge is -2.14. The molecular formula is C23H26N4O2. The summed E-state index contributed by atoms with van der Waals surface area (Å²) in [7, 11) is 0. The Kier molecular flexibility index (Phi) is 6.44. The van der Waals surface area contributed by atoms with E-state index in [0.29, 0.717) is 11.6 Å². The lowest BCUT2D eigenvalue weighted by Crippen LogP contribution is -2.21. The zero-order valence-electron chi connectivity index (χ0n) is 17.2. The smallest absolute Gasteiger partial charge is 0.262 e. The van der Waals surface area contributed by atoms with Crippen molar-refractivity contribution in [2.24, 2.45) is 0 Å². The first-order valence-corrected chi connectivity index (χ1v) is 9.63. The number of anilines is 3. The first-order chi connectivity index (χ1) is 13.9. The molecule has 6 heteroatoms. The summed E-state index contributed by atoms with van der Waals surface area (Å²) < 4.78 is 5.64. The second kappa shape index (κ2) is 9.19. The van der Waals surface area contributed by atoms with E-state index in [1.807, 2.05) is 63.2 Å². The van der Waals surface area contributed by atoms with Crippen LogP contribution in [0.25, 0.3) is 0 Å². The van der Waals surface area contributed by atoms with E-state index in [0.717, 1.165) is 34.6 Å². The van der Waals surface area contributed by atoms with Gasteiger partial charge in [-0.05, 0) is 68.1 Å². The van der Waals surface area contributed by atoms with Crippen molar-refractivity contribution in [3.8, 4) is 5.75 Å². The molecule has 1 aromatic heterocycles. The van der Waals surface area contributed by atoms with E-state index in [1.54, 1.807) is 0 Å². The van der Waals surface area contributed by atoms with Crippen molar-refractivity contribution in [1.29, 1.82) is 0 Å². The monoisotopic (exact) mass is 390 g/mol. The lowest BCUT2D eigenvalue weighted by atomic mass is 10.1. The van der Waals surface area contributed by atoms with Crippen LogP contribution >= 0.6 is 0 Å². The summed E-state index contributed by atoms with van der Waals surface area (Å²) in [5.41, 5.74) is 5.86. The molecule has 29 heavy (non-hydrogen) atoms. The van der Waals surface area contributed by atoms with Gasteiger partial charge in [0.25, 0.3) is 5.91 Å². The van der Waals surface area contributed by atoms with Gasteiger partial charge in [0.05, 0.1) is 0 Å². The molecule has 0 aliphatic carbocycles. The van der Waals surface area contributed by atoms with Crippen LogP contribution in [0.1, 0.15) is 29.3 Å². The van der Waals surface area contributed by atoms with Gasteiger partial charge in [-0.15, -0.1) is 0 Å². The van der Waals surface area contributed by atoms with Crippen LogP contribution in [0.2, 0.25) is 0 Å². The van der Waals surface area contributed by atoms with E-state index < -0.39 is 0 Å². The Balaban J connectivity index is 1.68. The maximum Gasteiger partial charge on any atom is 0.262 e. The molecule has 1 heterocycles. The van der Waals surface area contributed by atoms with Gasteiger partial charge < -0.3 is 15.4 Å². The van der Waals surface area contributed by atoms with E-state index >= 15 is 0 Å². The molecule has 0 bridgehead atoms. The van der Waals surface area contributed by atoms with Crippen LogP contribution in [0, 0.1) is 20.8 Å². The third-order valence-corrected chi connectivity index (χ3v) is 4.69. The molecule has 0 aliphatic heterocycles. The van der Waals surface area contributed by atoms with Crippen molar-refractivity contribution in [2.45, 2.75) is 34.1 Å². The molecule has 3 rings (SSSR count). The molecule has 2 aromatic carbocycles. The number of nitrogens with one attached hydrogen (secondary N) is 2. The van der Waals surface area contributed by atoms with Gasteiger partial charge in [0.15, 0.2) is 6.61 Å². The number of carbonyl (C=O) groups excluding carboxylic acids is 1. The number of carbonyl (C=O) groups is 1. The number of aromatic nitrogens is 2. The Bertz CT molecular complexity index is 1020. The molecule has 150 valence electrons. The molecule has 0 atom stereocenters. The van der Waals surface area contributed by atoms with Crippen LogP contribution in [0.4, 0.5) is 17.2 Å². The van der Waals surface area contributed by atoms with Gasteiger partial charge in [0.1, 0.15) is 17.9 Å². The highest BCUT2D eigenvalue weighted by molar-refractivity contribution is 5.93. The minimum Gasteiger partial charge on any atom is -0.484 e. The highest BCUT2D eigenvalue weighted by atomic mass is 16.5. The van der Waals surface area contributed by atoms with E-state index in [1.165, 1.54) is 11.9 Å².